The molecule has 1 atom stereocenters. The van der Waals surface area contributed by atoms with Gasteiger partial charge in [-0.1, -0.05) is 81.4 Å². The fraction of sp³-hybridized carbons (Fsp3) is 0.464. The molecule has 1 heterocycles. The van der Waals surface area contributed by atoms with E-state index in [1.165, 1.54) is 0 Å². The lowest BCUT2D eigenvalue weighted by atomic mass is 9.99. The lowest BCUT2D eigenvalue weighted by Crippen LogP contribution is -2.73. The summed E-state index contributed by atoms with van der Waals surface area (Å²) in [5, 5.41) is 1.62. The molecule has 36 heavy (non-hydrogen) atoms. The number of nitrogens with zero attached hydrogens (tertiary/aromatic N) is 2. The van der Waals surface area contributed by atoms with Gasteiger partial charge in [0.15, 0.2) is 0 Å². The maximum absolute atomic E-state index is 13.1. The highest BCUT2D eigenvalue weighted by atomic mass is 32.2. The molecule has 0 aromatic heterocycles. The predicted molar refractivity (Wildman–Crippen MR) is 149 cm³/mol. The van der Waals surface area contributed by atoms with Crippen molar-refractivity contribution in [2.24, 2.45) is 0 Å². The molecular weight excluding hydrogens is 488 g/mol. The van der Waals surface area contributed by atoms with E-state index in [2.05, 4.69) is 20.8 Å². The highest BCUT2D eigenvalue weighted by Gasteiger charge is 2.54. The lowest BCUT2D eigenvalue weighted by Gasteiger charge is -2.48. The second-order valence-corrected chi connectivity index (χ2v) is 17.5. The monoisotopic (exact) mass is 528 g/mol. The molecule has 196 valence electrons. The maximum Gasteiger partial charge on any atom is 0.410 e. The molecule has 1 aliphatic heterocycles. The molecule has 8 heteroatoms. The standard InChI is InChI=1S/C28H40N2O4SSi/c1-26(2,3)34-25(31)29-21-14-19-28(29,7)20-22-30(35(32)33)36(27(4,5)6,23-15-10-8-11-16-23)24-17-12-9-13-18-24/h8-13,15-18,20,22,35H,14,19,21H2,1-7H3/b22-20+/t28-/m0/s1. The number of amides is 1. The van der Waals surface area contributed by atoms with Gasteiger partial charge in [0.1, 0.15) is 5.60 Å². The van der Waals surface area contributed by atoms with Gasteiger partial charge in [0.05, 0.1) is 5.54 Å². The molecular formula is C28H40N2O4SSi. The smallest absolute Gasteiger partial charge is 0.410 e. The zero-order valence-corrected chi connectivity index (χ0v) is 24.4. The third-order valence-corrected chi connectivity index (χ3v) is 14.1. The predicted octanol–water partition coefficient (Wildman–Crippen LogP) is 4.68. The van der Waals surface area contributed by atoms with Gasteiger partial charge in [-0.3, -0.25) is 8.87 Å². The minimum atomic E-state index is -3.12. The summed E-state index contributed by atoms with van der Waals surface area (Å²) >= 11 is 0. The van der Waals surface area contributed by atoms with Crippen LogP contribution in [0.5, 0.6) is 0 Å². The number of likely N-dealkylation sites (tertiary alicyclic amines) is 1. The van der Waals surface area contributed by atoms with Gasteiger partial charge in [-0.2, -0.15) is 0 Å². The maximum atomic E-state index is 13.1. The van der Waals surface area contributed by atoms with Crippen molar-refractivity contribution in [1.82, 2.24) is 8.87 Å². The van der Waals surface area contributed by atoms with Crippen LogP contribution >= 0.6 is 0 Å². The molecule has 1 amide bonds. The quantitative estimate of drug-likeness (QED) is 0.437. The van der Waals surface area contributed by atoms with Crippen molar-refractivity contribution in [2.45, 2.75) is 77.5 Å². The van der Waals surface area contributed by atoms with Gasteiger partial charge < -0.3 is 4.74 Å². The van der Waals surface area contributed by atoms with E-state index in [9.17, 15) is 13.2 Å². The molecule has 0 bridgehead atoms. The van der Waals surface area contributed by atoms with Crippen LogP contribution < -0.4 is 10.4 Å². The van der Waals surface area contributed by atoms with Gasteiger partial charge in [-0.15, -0.1) is 0 Å². The molecule has 0 N–H and O–H groups in total. The summed E-state index contributed by atoms with van der Waals surface area (Å²) in [5.41, 5.74) is -1.26. The van der Waals surface area contributed by atoms with Crippen LogP contribution in [-0.4, -0.2) is 49.3 Å². The van der Waals surface area contributed by atoms with Crippen molar-refractivity contribution in [3.05, 3.63) is 72.9 Å². The fourth-order valence-corrected chi connectivity index (χ4v) is 13.0. The minimum Gasteiger partial charge on any atom is -0.444 e. The highest BCUT2D eigenvalue weighted by Crippen LogP contribution is 2.39. The molecule has 1 aliphatic rings. The van der Waals surface area contributed by atoms with E-state index in [1.54, 1.807) is 15.1 Å². The van der Waals surface area contributed by atoms with Gasteiger partial charge in [0, 0.05) is 12.7 Å². The molecule has 1 saturated heterocycles. The summed E-state index contributed by atoms with van der Waals surface area (Å²) in [6, 6.07) is 19.9. The van der Waals surface area contributed by atoms with Crippen LogP contribution in [0.4, 0.5) is 4.79 Å². The number of rotatable bonds is 6. The number of carbonyl (C=O) groups is 1. The first kappa shape index (κ1) is 28.0. The summed E-state index contributed by atoms with van der Waals surface area (Å²) in [7, 11) is -6.10. The van der Waals surface area contributed by atoms with E-state index in [0.29, 0.717) is 6.54 Å². The largest absolute Gasteiger partial charge is 0.444 e. The second kappa shape index (κ2) is 10.4. The first-order valence-electron chi connectivity index (χ1n) is 12.5. The van der Waals surface area contributed by atoms with E-state index in [4.69, 9.17) is 4.74 Å². The normalized spacial score (nSPS) is 19.2. The topological polar surface area (TPSA) is 66.9 Å². The summed E-state index contributed by atoms with van der Waals surface area (Å²) in [6.07, 6.45) is 4.77. The summed E-state index contributed by atoms with van der Waals surface area (Å²) in [6.45, 7) is 14.4. The number of hydrogen-bond acceptors (Lipinski definition) is 4. The number of carbonyl (C=O) groups excluding carboxylic acids is 1. The molecule has 0 unspecified atom stereocenters. The van der Waals surface area contributed by atoms with E-state index < -0.39 is 35.3 Å². The Morgan fingerprint density at radius 3 is 1.89 bits per heavy atom. The fourth-order valence-electron chi connectivity index (χ4n) is 5.30. The van der Waals surface area contributed by atoms with Crippen molar-refractivity contribution in [2.75, 3.05) is 6.54 Å². The third kappa shape index (κ3) is 5.54. The molecule has 1 fully saturated rings. The molecule has 0 spiro atoms. The zero-order valence-electron chi connectivity index (χ0n) is 22.5. The summed E-state index contributed by atoms with van der Waals surface area (Å²) in [5.74, 6) is 0. The summed E-state index contributed by atoms with van der Waals surface area (Å²) in [4.78, 5) is 14.7. The number of ether oxygens (including phenoxy) is 1. The minimum absolute atomic E-state index is 0.379. The van der Waals surface area contributed by atoms with E-state index in [-0.39, 0.29) is 6.09 Å². The SMILES string of the molecule is CC(C)(C)OC(=O)N1CCC[C@@]1(C)/C=C/N([SH](=O)=O)[Si](c1ccccc1)(c1ccccc1)C(C)(C)C. The van der Waals surface area contributed by atoms with Crippen LogP contribution in [0.15, 0.2) is 72.9 Å². The van der Waals surface area contributed by atoms with E-state index in [1.807, 2.05) is 94.4 Å². The van der Waals surface area contributed by atoms with Crippen LogP contribution in [0, 0.1) is 0 Å². The zero-order chi connectivity index (χ0) is 26.8. The average Bonchev–Trinajstić information content (AvgIpc) is 3.17. The van der Waals surface area contributed by atoms with Crippen molar-refractivity contribution in [1.29, 1.82) is 0 Å². The van der Waals surface area contributed by atoms with E-state index in [0.717, 1.165) is 23.2 Å². The molecule has 6 nitrogen and oxygen atoms in total. The molecule has 2 aromatic carbocycles. The Labute approximate surface area is 219 Å². The van der Waals surface area contributed by atoms with Crippen molar-refractivity contribution in [3.8, 4) is 0 Å². The number of hydrogen-bond donors (Lipinski definition) is 1. The Morgan fingerprint density at radius 1 is 0.972 bits per heavy atom. The van der Waals surface area contributed by atoms with Crippen molar-refractivity contribution >= 4 is 35.6 Å². The molecule has 0 aliphatic carbocycles. The van der Waals surface area contributed by atoms with Gasteiger partial charge in [-0.05, 0) is 62.0 Å². The van der Waals surface area contributed by atoms with E-state index >= 15 is 0 Å². The van der Waals surface area contributed by atoms with Crippen LogP contribution in [0.2, 0.25) is 5.04 Å². The Kier molecular flexibility index (Phi) is 8.10. The molecule has 2 aromatic rings. The second-order valence-electron chi connectivity index (χ2n) is 11.7. The van der Waals surface area contributed by atoms with Gasteiger partial charge >= 0.3 is 6.09 Å². The molecule has 3 rings (SSSR count). The molecule has 0 saturated carbocycles. The number of benzene rings is 2. The van der Waals surface area contributed by atoms with Crippen LogP contribution in [-0.2, 0) is 15.6 Å². The summed E-state index contributed by atoms with van der Waals surface area (Å²) < 4.78 is 33.4. The van der Waals surface area contributed by atoms with Crippen LogP contribution in [0.1, 0.15) is 61.3 Å². The Morgan fingerprint density at radius 2 is 1.47 bits per heavy atom. The first-order chi connectivity index (χ1) is 16.7. The Bertz CT molecular complexity index is 1110. The van der Waals surface area contributed by atoms with Crippen molar-refractivity contribution < 1.29 is 17.9 Å². The van der Waals surface area contributed by atoms with Crippen molar-refractivity contribution in [3.63, 3.8) is 0 Å². The average molecular weight is 529 g/mol. The van der Waals surface area contributed by atoms with Gasteiger partial charge in [0.2, 0.25) is 19.1 Å². The van der Waals surface area contributed by atoms with Gasteiger partial charge in [-0.25, -0.2) is 13.2 Å². The third-order valence-electron chi connectivity index (χ3n) is 6.86. The van der Waals surface area contributed by atoms with Crippen LogP contribution in [0.3, 0.4) is 0 Å². The highest BCUT2D eigenvalue weighted by molar-refractivity contribution is 7.72. The lowest BCUT2D eigenvalue weighted by molar-refractivity contribution is 0.0168. The Hall–Kier alpha value is -2.58. The van der Waals surface area contributed by atoms with Crippen LogP contribution in [0.25, 0.3) is 0 Å². The molecule has 0 radical (unpaired) electrons. The Balaban J connectivity index is 2.18. The van der Waals surface area contributed by atoms with Gasteiger partial charge in [0.25, 0.3) is 0 Å². The number of thiol groups is 1. The first-order valence-corrected chi connectivity index (χ1v) is 15.5.